The third-order valence-corrected chi connectivity index (χ3v) is 4.58. The van der Waals surface area contributed by atoms with Crippen molar-refractivity contribution >= 4 is 0 Å². The van der Waals surface area contributed by atoms with Gasteiger partial charge in [0.05, 0.1) is 29.7 Å². The first kappa shape index (κ1) is 13.8. The second-order valence-corrected chi connectivity index (χ2v) is 5.72. The molecule has 108 valence electrons. The van der Waals surface area contributed by atoms with Crippen molar-refractivity contribution < 1.29 is 5.11 Å². The molecule has 0 aliphatic heterocycles. The van der Waals surface area contributed by atoms with Crippen LogP contribution in [-0.2, 0) is 19.4 Å². The first-order valence-corrected chi connectivity index (χ1v) is 7.36. The van der Waals surface area contributed by atoms with Crippen molar-refractivity contribution in [2.75, 3.05) is 0 Å². The molecule has 4 nitrogen and oxygen atoms in total. The topological polar surface area (TPSA) is 61.8 Å². The summed E-state index contributed by atoms with van der Waals surface area (Å²) in [5, 5.41) is 20.6. The van der Waals surface area contributed by atoms with Gasteiger partial charge in [0.25, 0.3) is 0 Å². The predicted octanol–water partition coefficient (Wildman–Crippen LogP) is 2.64. The van der Waals surface area contributed by atoms with E-state index in [9.17, 15) is 10.4 Å². The Labute approximate surface area is 124 Å². The van der Waals surface area contributed by atoms with Crippen LogP contribution in [0.15, 0.2) is 36.8 Å². The van der Waals surface area contributed by atoms with Crippen LogP contribution in [0.1, 0.15) is 36.3 Å². The van der Waals surface area contributed by atoms with E-state index < -0.39 is 11.5 Å². The molecule has 2 unspecified atom stereocenters. The van der Waals surface area contributed by atoms with Gasteiger partial charge >= 0.3 is 0 Å². The van der Waals surface area contributed by atoms with Crippen LogP contribution < -0.4 is 0 Å². The molecular formula is C17H19N3O. The van der Waals surface area contributed by atoms with Crippen molar-refractivity contribution in [3.63, 3.8) is 0 Å². The SMILES string of the molecule is CCn1cncc1C(O)C1(C#N)CCc2ccccc2C1. The van der Waals surface area contributed by atoms with Gasteiger partial charge in [-0.25, -0.2) is 4.98 Å². The Morgan fingerprint density at radius 3 is 2.90 bits per heavy atom. The van der Waals surface area contributed by atoms with E-state index >= 15 is 0 Å². The number of rotatable bonds is 3. The van der Waals surface area contributed by atoms with Crippen LogP contribution in [-0.4, -0.2) is 14.7 Å². The van der Waals surface area contributed by atoms with Crippen LogP contribution >= 0.6 is 0 Å². The average molecular weight is 281 g/mol. The largest absolute Gasteiger partial charge is 0.385 e. The van der Waals surface area contributed by atoms with E-state index in [-0.39, 0.29) is 0 Å². The Hall–Kier alpha value is -2.12. The molecule has 1 heterocycles. The quantitative estimate of drug-likeness (QED) is 0.940. The minimum Gasteiger partial charge on any atom is -0.385 e. The van der Waals surface area contributed by atoms with Crippen molar-refractivity contribution in [1.82, 2.24) is 9.55 Å². The first-order valence-electron chi connectivity index (χ1n) is 7.36. The first-order chi connectivity index (χ1) is 10.2. The lowest BCUT2D eigenvalue weighted by atomic mass is 9.68. The zero-order valence-corrected chi connectivity index (χ0v) is 12.2. The molecule has 0 bridgehead atoms. The highest BCUT2D eigenvalue weighted by atomic mass is 16.3. The number of aryl methyl sites for hydroxylation is 2. The van der Waals surface area contributed by atoms with Crippen LogP contribution in [0.4, 0.5) is 0 Å². The molecule has 1 aliphatic carbocycles. The third-order valence-electron chi connectivity index (χ3n) is 4.58. The third kappa shape index (κ3) is 2.24. The van der Waals surface area contributed by atoms with Crippen molar-refractivity contribution in [2.45, 2.75) is 38.8 Å². The number of hydrogen-bond acceptors (Lipinski definition) is 3. The fourth-order valence-corrected chi connectivity index (χ4v) is 3.26. The van der Waals surface area contributed by atoms with Crippen molar-refractivity contribution in [2.24, 2.45) is 5.41 Å². The zero-order chi connectivity index (χ0) is 14.9. The lowest BCUT2D eigenvalue weighted by molar-refractivity contribution is 0.0462. The molecule has 0 saturated carbocycles. The van der Waals surface area contributed by atoms with Crippen molar-refractivity contribution in [1.29, 1.82) is 5.26 Å². The van der Waals surface area contributed by atoms with E-state index in [1.165, 1.54) is 11.1 Å². The number of aliphatic hydroxyl groups is 1. The standard InChI is InChI=1S/C17H19N3O/c1-2-20-12-19-10-15(20)16(21)17(11-18)8-7-13-5-3-4-6-14(13)9-17/h3-6,10,12,16,21H,2,7-9H2,1H3. The number of nitrogens with zero attached hydrogens (tertiary/aromatic N) is 3. The van der Waals surface area contributed by atoms with Crippen LogP contribution in [0.5, 0.6) is 0 Å². The second-order valence-electron chi connectivity index (χ2n) is 5.72. The molecule has 21 heavy (non-hydrogen) atoms. The average Bonchev–Trinajstić information content (AvgIpc) is 3.02. The lowest BCUT2D eigenvalue weighted by Crippen LogP contribution is -2.35. The number of aliphatic hydroxyl groups excluding tert-OH is 1. The Morgan fingerprint density at radius 2 is 2.19 bits per heavy atom. The minimum atomic E-state index is -0.807. The summed E-state index contributed by atoms with van der Waals surface area (Å²) in [6.07, 6.45) is 4.68. The maximum Gasteiger partial charge on any atom is 0.114 e. The monoisotopic (exact) mass is 281 g/mol. The van der Waals surface area contributed by atoms with Gasteiger partial charge in [0.1, 0.15) is 6.10 Å². The van der Waals surface area contributed by atoms with Gasteiger partial charge in [-0.15, -0.1) is 0 Å². The smallest absolute Gasteiger partial charge is 0.114 e. The molecule has 1 aromatic carbocycles. The van der Waals surface area contributed by atoms with Crippen LogP contribution in [0.3, 0.4) is 0 Å². The van der Waals surface area contributed by atoms with E-state index in [2.05, 4.69) is 23.2 Å². The van der Waals surface area contributed by atoms with Gasteiger partial charge in [-0.3, -0.25) is 0 Å². The molecule has 0 fully saturated rings. The highest BCUT2D eigenvalue weighted by Gasteiger charge is 2.43. The Bertz CT molecular complexity index is 685. The highest BCUT2D eigenvalue weighted by molar-refractivity contribution is 5.34. The summed E-state index contributed by atoms with van der Waals surface area (Å²) in [4.78, 5) is 4.11. The number of nitriles is 1. The lowest BCUT2D eigenvalue weighted by Gasteiger charge is -2.36. The maximum absolute atomic E-state index is 10.8. The van der Waals surface area contributed by atoms with Gasteiger partial charge < -0.3 is 9.67 Å². The van der Waals surface area contributed by atoms with Crippen molar-refractivity contribution in [3.05, 3.63) is 53.6 Å². The number of fused-ring (bicyclic) bond motifs is 1. The molecule has 0 spiro atoms. The summed E-state index contributed by atoms with van der Waals surface area (Å²) in [6.45, 7) is 2.75. The summed E-state index contributed by atoms with van der Waals surface area (Å²) in [7, 11) is 0. The van der Waals surface area contributed by atoms with Crippen LogP contribution in [0.25, 0.3) is 0 Å². The van der Waals surface area contributed by atoms with Gasteiger partial charge in [-0.2, -0.15) is 5.26 Å². The fourth-order valence-electron chi connectivity index (χ4n) is 3.26. The van der Waals surface area contributed by atoms with Gasteiger partial charge in [0.15, 0.2) is 0 Å². The second kappa shape index (κ2) is 5.34. The van der Waals surface area contributed by atoms with E-state index in [4.69, 9.17) is 0 Å². The molecule has 1 aromatic heterocycles. The molecule has 4 heteroatoms. The Morgan fingerprint density at radius 1 is 1.43 bits per heavy atom. The minimum absolute atomic E-state index is 0.593. The fraction of sp³-hybridized carbons (Fsp3) is 0.412. The Balaban J connectivity index is 1.98. The normalized spacial score (nSPS) is 22.3. The van der Waals surface area contributed by atoms with Crippen LogP contribution in [0, 0.1) is 16.7 Å². The van der Waals surface area contributed by atoms with Crippen molar-refractivity contribution in [3.8, 4) is 6.07 Å². The zero-order valence-electron chi connectivity index (χ0n) is 12.2. The van der Waals surface area contributed by atoms with Gasteiger partial charge in [0.2, 0.25) is 0 Å². The summed E-state index contributed by atoms with van der Waals surface area (Å²) in [6, 6.07) is 10.6. The molecule has 2 atom stereocenters. The summed E-state index contributed by atoms with van der Waals surface area (Å²) in [5.74, 6) is 0. The number of hydrogen-bond donors (Lipinski definition) is 1. The number of aromatic nitrogens is 2. The summed E-state index contributed by atoms with van der Waals surface area (Å²) in [5.41, 5.74) is 2.44. The Kier molecular flexibility index (Phi) is 3.52. The molecule has 0 saturated heterocycles. The van der Waals surface area contributed by atoms with E-state index in [1.807, 2.05) is 23.6 Å². The van der Waals surface area contributed by atoms with Crippen LogP contribution in [0.2, 0.25) is 0 Å². The maximum atomic E-state index is 10.8. The highest BCUT2D eigenvalue weighted by Crippen LogP contribution is 2.44. The molecule has 1 aliphatic rings. The molecule has 1 N–H and O–H groups in total. The predicted molar refractivity (Wildman–Crippen MR) is 79.4 cm³/mol. The van der Waals surface area contributed by atoms with E-state index in [0.29, 0.717) is 12.8 Å². The van der Waals surface area contributed by atoms with Gasteiger partial charge in [0, 0.05) is 6.54 Å². The molecule has 3 rings (SSSR count). The molecule has 0 radical (unpaired) electrons. The molecular weight excluding hydrogens is 262 g/mol. The molecule has 0 amide bonds. The summed E-state index contributed by atoms with van der Waals surface area (Å²) < 4.78 is 1.91. The summed E-state index contributed by atoms with van der Waals surface area (Å²) >= 11 is 0. The number of benzene rings is 1. The molecule has 2 aromatic rings. The number of imidazole rings is 1. The van der Waals surface area contributed by atoms with Gasteiger partial charge in [-0.1, -0.05) is 24.3 Å². The van der Waals surface area contributed by atoms with Gasteiger partial charge in [-0.05, 0) is 37.3 Å². The van der Waals surface area contributed by atoms with E-state index in [0.717, 1.165) is 18.7 Å². The van der Waals surface area contributed by atoms with E-state index in [1.54, 1.807) is 12.5 Å².